The Kier molecular flexibility index (Phi) is 13.2. The first-order chi connectivity index (χ1) is 17.2. The fourth-order valence-corrected chi connectivity index (χ4v) is 2.46. The molecule has 1 atom stereocenters. The number of ether oxygens (including phenoxy) is 5. The van der Waals surface area contributed by atoms with Gasteiger partial charge in [0.25, 0.3) is 0 Å². The topological polar surface area (TPSA) is 118 Å². The van der Waals surface area contributed by atoms with Crippen molar-refractivity contribution in [3.05, 3.63) is 80.4 Å². The molecule has 36 heavy (non-hydrogen) atoms. The van der Waals surface area contributed by atoms with Crippen LogP contribution in [0, 0.1) is 5.41 Å². The van der Waals surface area contributed by atoms with Crippen molar-refractivity contribution in [1.29, 1.82) is 0 Å². The third kappa shape index (κ3) is 11.4. The SMILES string of the molecule is C=C(C(=O)OCC1CO1)c1ccccc1.C=CC(=O)OCC(CC)(COC(=O)C=C)COC(=O)C=C. The van der Waals surface area contributed by atoms with E-state index in [1.807, 2.05) is 30.3 Å². The normalized spacial score (nSPS) is 13.5. The lowest BCUT2D eigenvalue weighted by molar-refractivity contribution is -0.156. The summed E-state index contributed by atoms with van der Waals surface area (Å²) in [5.41, 5.74) is 0.339. The second-order valence-corrected chi connectivity index (χ2v) is 7.69. The molecule has 1 aliphatic rings. The summed E-state index contributed by atoms with van der Waals surface area (Å²) in [5, 5.41) is 0. The molecule has 1 heterocycles. The highest BCUT2D eigenvalue weighted by Crippen LogP contribution is 2.24. The van der Waals surface area contributed by atoms with Crippen molar-refractivity contribution in [2.75, 3.05) is 33.0 Å². The Morgan fingerprint density at radius 2 is 1.33 bits per heavy atom. The molecular weight excluding hydrogens is 468 g/mol. The van der Waals surface area contributed by atoms with Crippen molar-refractivity contribution in [3.63, 3.8) is 0 Å². The monoisotopic (exact) mass is 500 g/mol. The maximum atomic E-state index is 11.5. The van der Waals surface area contributed by atoms with E-state index in [9.17, 15) is 19.2 Å². The summed E-state index contributed by atoms with van der Waals surface area (Å²) >= 11 is 0. The van der Waals surface area contributed by atoms with Gasteiger partial charge in [-0.15, -0.1) is 0 Å². The summed E-state index contributed by atoms with van der Waals surface area (Å²) in [6.45, 7) is 16.1. The molecule has 0 N–H and O–H groups in total. The molecule has 0 saturated carbocycles. The highest BCUT2D eigenvalue weighted by molar-refractivity contribution is 6.15. The van der Waals surface area contributed by atoms with Crippen molar-refractivity contribution in [3.8, 4) is 0 Å². The molecular formula is C27H32O9. The maximum Gasteiger partial charge on any atom is 0.338 e. The molecule has 0 aliphatic carbocycles. The summed E-state index contributed by atoms with van der Waals surface area (Å²) < 4.78 is 24.9. The molecule has 9 nitrogen and oxygen atoms in total. The summed E-state index contributed by atoms with van der Waals surface area (Å²) in [4.78, 5) is 45.0. The zero-order valence-corrected chi connectivity index (χ0v) is 20.4. The molecule has 0 radical (unpaired) electrons. The van der Waals surface area contributed by atoms with Crippen LogP contribution in [0.5, 0.6) is 0 Å². The molecule has 0 bridgehead atoms. The first-order valence-corrected chi connectivity index (χ1v) is 11.1. The van der Waals surface area contributed by atoms with E-state index in [1.54, 1.807) is 6.92 Å². The van der Waals surface area contributed by atoms with Gasteiger partial charge in [0.2, 0.25) is 0 Å². The zero-order chi connectivity index (χ0) is 27.0. The molecule has 0 spiro atoms. The van der Waals surface area contributed by atoms with Crippen LogP contribution in [0.4, 0.5) is 0 Å². The molecule has 2 rings (SSSR count). The Hall–Kier alpha value is -3.98. The summed E-state index contributed by atoms with van der Waals surface area (Å²) in [6, 6.07) is 9.27. The van der Waals surface area contributed by atoms with Crippen LogP contribution in [0.2, 0.25) is 0 Å². The van der Waals surface area contributed by atoms with E-state index in [4.69, 9.17) is 23.7 Å². The van der Waals surface area contributed by atoms with Crippen molar-refractivity contribution >= 4 is 29.5 Å². The van der Waals surface area contributed by atoms with Crippen molar-refractivity contribution in [2.45, 2.75) is 19.4 Å². The largest absolute Gasteiger partial charge is 0.462 e. The van der Waals surface area contributed by atoms with Crippen LogP contribution in [0.15, 0.2) is 74.9 Å². The van der Waals surface area contributed by atoms with E-state index < -0.39 is 23.3 Å². The summed E-state index contributed by atoms with van der Waals surface area (Å²) in [7, 11) is 0. The predicted octanol–water partition coefficient (Wildman–Crippen LogP) is 3.21. The quantitative estimate of drug-likeness (QED) is 0.164. The minimum atomic E-state index is -0.837. The standard InChI is InChI=1S/C15H20O6.C12H12O3/c1-5-12(16)19-9-15(8-4,10-20-13(17)6-2)11-21-14(18)7-3;1-9(10-5-3-2-4-6-10)12(13)15-8-11-7-14-11/h5-7H,1-3,8-11H2,4H3;2-6,11H,1,7-8H2. The number of esters is 4. The lowest BCUT2D eigenvalue weighted by Crippen LogP contribution is -2.38. The Balaban J connectivity index is 0.000000377. The van der Waals surface area contributed by atoms with Gasteiger partial charge in [-0.2, -0.15) is 0 Å². The number of benzene rings is 1. The maximum absolute atomic E-state index is 11.5. The molecule has 1 unspecified atom stereocenters. The van der Waals surface area contributed by atoms with E-state index in [1.165, 1.54) is 0 Å². The average Bonchev–Trinajstić information content (AvgIpc) is 3.76. The Labute approximate surface area is 211 Å². The molecule has 9 heteroatoms. The zero-order valence-electron chi connectivity index (χ0n) is 20.4. The van der Waals surface area contributed by atoms with Crippen LogP contribution in [0.3, 0.4) is 0 Å². The van der Waals surface area contributed by atoms with Gasteiger partial charge in [0, 0.05) is 18.2 Å². The van der Waals surface area contributed by atoms with Crippen LogP contribution in [-0.4, -0.2) is 63.0 Å². The van der Waals surface area contributed by atoms with E-state index in [0.29, 0.717) is 25.2 Å². The van der Waals surface area contributed by atoms with Gasteiger partial charge in [0.15, 0.2) is 0 Å². The lowest BCUT2D eigenvalue weighted by atomic mass is 9.88. The van der Waals surface area contributed by atoms with E-state index >= 15 is 0 Å². The number of epoxide rings is 1. The first-order valence-electron chi connectivity index (χ1n) is 11.1. The second kappa shape index (κ2) is 15.8. The third-order valence-corrected chi connectivity index (χ3v) is 4.98. The minimum absolute atomic E-state index is 0.0802. The molecule has 1 saturated heterocycles. The molecule has 194 valence electrons. The Bertz CT molecular complexity index is 885. The lowest BCUT2D eigenvalue weighted by Gasteiger charge is -2.30. The van der Waals surface area contributed by atoms with Gasteiger partial charge >= 0.3 is 23.9 Å². The second-order valence-electron chi connectivity index (χ2n) is 7.69. The van der Waals surface area contributed by atoms with Crippen LogP contribution in [0.1, 0.15) is 18.9 Å². The third-order valence-electron chi connectivity index (χ3n) is 4.98. The minimum Gasteiger partial charge on any atom is -0.462 e. The Morgan fingerprint density at radius 3 is 1.69 bits per heavy atom. The van der Waals surface area contributed by atoms with Crippen molar-refractivity contribution < 1.29 is 42.9 Å². The van der Waals surface area contributed by atoms with E-state index in [0.717, 1.165) is 23.8 Å². The molecule has 1 aliphatic heterocycles. The van der Waals surface area contributed by atoms with Gasteiger partial charge in [-0.05, 0) is 12.0 Å². The average molecular weight is 501 g/mol. The number of carbonyl (C=O) groups excluding carboxylic acids is 4. The summed E-state index contributed by atoms with van der Waals surface area (Å²) in [5.74, 6) is -2.22. The van der Waals surface area contributed by atoms with Gasteiger partial charge in [-0.3, -0.25) is 0 Å². The van der Waals surface area contributed by atoms with Crippen LogP contribution >= 0.6 is 0 Å². The van der Waals surface area contributed by atoms with Gasteiger partial charge in [0.1, 0.15) is 32.5 Å². The smallest absolute Gasteiger partial charge is 0.338 e. The van der Waals surface area contributed by atoms with E-state index in [-0.39, 0.29) is 31.9 Å². The van der Waals surface area contributed by atoms with Crippen molar-refractivity contribution in [1.82, 2.24) is 0 Å². The van der Waals surface area contributed by atoms with Gasteiger partial charge in [0.05, 0.1) is 17.6 Å². The van der Waals surface area contributed by atoms with Crippen LogP contribution < -0.4 is 0 Å². The highest BCUT2D eigenvalue weighted by atomic mass is 16.6. The van der Waals surface area contributed by atoms with Crippen LogP contribution in [0.25, 0.3) is 5.57 Å². The van der Waals surface area contributed by atoms with Gasteiger partial charge in [-0.1, -0.05) is 63.6 Å². The number of hydrogen-bond acceptors (Lipinski definition) is 9. The summed E-state index contributed by atoms with van der Waals surface area (Å²) in [6.07, 6.45) is 3.60. The predicted molar refractivity (Wildman–Crippen MR) is 132 cm³/mol. The Morgan fingerprint density at radius 1 is 0.889 bits per heavy atom. The molecule has 0 amide bonds. The number of rotatable bonds is 14. The van der Waals surface area contributed by atoms with E-state index in [2.05, 4.69) is 26.3 Å². The van der Waals surface area contributed by atoms with Crippen LogP contribution in [-0.2, 0) is 42.9 Å². The fraction of sp³-hybridized carbons (Fsp3) is 0.333. The fourth-order valence-electron chi connectivity index (χ4n) is 2.46. The van der Waals surface area contributed by atoms with Crippen molar-refractivity contribution in [2.24, 2.45) is 5.41 Å². The number of hydrogen-bond donors (Lipinski definition) is 0. The first kappa shape index (κ1) is 30.1. The molecule has 0 aromatic heterocycles. The molecule has 1 aromatic rings. The van der Waals surface area contributed by atoms with Gasteiger partial charge < -0.3 is 23.7 Å². The molecule has 1 fully saturated rings. The van der Waals surface area contributed by atoms with Gasteiger partial charge in [-0.25, -0.2) is 19.2 Å². The molecule has 1 aromatic carbocycles. The number of carbonyl (C=O) groups is 4. The highest BCUT2D eigenvalue weighted by Gasteiger charge is 2.33.